The maximum absolute atomic E-state index is 7.35. The molecule has 7 nitrogen and oxygen atoms in total. The number of para-hydroxylation sites is 10. The Balaban J connectivity index is 1.31. The second-order valence-electron chi connectivity index (χ2n) is 18.8. The maximum Gasteiger partial charge on any atom is 0.231 e. The molecule has 10 aromatic carbocycles. The summed E-state index contributed by atoms with van der Waals surface area (Å²) in [4.78, 5) is 11.1. The Hall–Kier alpha value is -9.98. The third-order valence-corrected chi connectivity index (χ3v) is 15.0. The van der Waals surface area contributed by atoms with Crippen LogP contribution in [0.15, 0.2) is 247 Å². The fraction of sp³-hybridized carbons (Fsp3) is 0. The first-order valence-corrected chi connectivity index (χ1v) is 24.8. The van der Waals surface area contributed by atoms with E-state index in [1.165, 1.54) is 0 Å². The van der Waals surface area contributed by atoms with Crippen LogP contribution in [0.5, 0.6) is 0 Å². The topological polar surface area (TPSA) is 58.6 Å². The lowest BCUT2D eigenvalue weighted by Gasteiger charge is -2.30. The minimum atomic E-state index is 0.492. The van der Waals surface area contributed by atoms with Crippen molar-refractivity contribution in [2.24, 2.45) is 0 Å². The molecule has 0 atom stereocenters. The first-order valence-electron chi connectivity index (χ1n) is 24.8. The minimum absolute atomic E-state index is 0.492. The predicted molar refractivity (Wildman–Crippen MR) is 300 cm³/mol. The molecule has 0 bridgehead atoms. The molecular formula is C66H40N6O. The van der Waals surface area contributed by atoms with E-state index >= 15 is 0 Å². The van der Waals surface area contributed by atoms with Gasteiger partial charge in [-0.2, -0.15) is 0 Å². The van der Waals surface area contributed by atoms with Crippen LogP contribution < -0.4 is 0 Å². The lowest BCUT2D eigenvalue weighted by atomic mass is 9.95. The molecule has 6 aromatic heterocycles. The quantitative estimate of drug-likeness (QED) is 0.167. The van der Waals surface area contributed by atoms with E-state index < -0.39 is 0 Å². The molecule has 340 valence electrons. The van der Waals surface area contributed by atoms with Gasteiger partial charge in [0.1, 0.15) is 5.52 Å². The van der Waals surface area contributed by atoms with E-state index in [-0.39, 0.29) is 0 Å². The molecule has 0 aliphatic rings. The van der Waals surface area contributed by atoms with Gasteiger partial charge in [0.25, 0.3) is 0 Å². The number of pyridine rings is 1. The smallest absolute Gasteiger partial charge is 0.231 e. The van der Waals surface area contributed by atoms with E-state index in [2.05, 4.69) is 225 Å². The van der Waals surface area contributed by atoms with Crippen molar-refractivity contribution in [3.63, 3.8) is 0 Å². The molecular weight excluding hydrogens is 893 g/mol. The number of oxazole rings is 1. The van der Waals surface area contributed by atoms with Crippen LogP contribution in [0.4, 0.5) is 0 Å². The lowest BCUT2D eigenvalue weighted by Crippen LogP contribution is -2.16. The normalized spacial score (nSPS) is 12.1. The number of rotatable bonds is 6. The Morgan fingerprint density at radius 1 is 0.274 bits per heavy atom. The minimum Gasteiger partial charge on any atom is -0.436 e. The molecule has 0 aliphatic carbocycles. The van der Waals surface area contributed by atoms with E-state index in [1.54, 1.807) is 0 Å². The number of benzene rings is 10. The van der Waals surface area contributed by atoms with E-state index in [0.717, 1.165) is 132 Å². The van der Waals surface area contributed by atoms with Crippen molar-refractivity contribution < 1.29 is 4.42 Å². The molecule has 16 rings (SSSR count). The summed E-state index contributed by atoms with van der Waals surface area (Å²) in [7, 11) is 0. The van der Waals surface area contributed by atoms with Crippen molar-refractivity contribution >= 4 is 98.3 Å². The van der Waals surface area contributed by atoms with Crippen LogP contribution in [0.3, 0.4) is 0 Å². The fourth-order valence-corrected chi connectivity index (χ4v) is 12.2. The van der Waals surface area contributed by atoms with Crippen LogP contribution in [0.1, 0.15) is 0 Å². The standard InChI is InChI=1S/C66H40N6O/c1-10-31-51-41(21-1)42-22-2-11-32-52(42)69(51)62-60(50-30-19-20-40-67-50)63(70-53-33-12-3-23-43(53)44-24-4-13-34-54(44)70)65(72-57-37-16-7-27-47(57)48-28-8-17-38-58(48)72)61(66-68-49-29-9-18-39-59(49)73-66)64(62)71-55-35-14-5-25-45(55)46-26-6-15-36-56(46)71/h1-40H. The van der Waals surface area contributed by atoms with Gasteiger partial charge in [0.15, 0.2) is 5.58 Å². The van der Waals surface area contributed by atoms with Gasteiger partial charge < -0.3 is 22.7 Å². The largest absolute Gasteiger partial charge is 0.436 e. The SMILES string of the molecule is c1ccc(-c2c(-n3c4ccccc4c4ccccc43)c(-n3c4ccccc4c4ccccc43)c(-c3nc4ccccc4o3)c(-n3c4ccccc4c4ccccc43)c2-n2c3ccccc3c3ccccc32)nc1. The van der Waals surface area contributed by atoms with E-state index in [4.69, 9.17) is 14.4 Å². The third kappa shape index (κ3) is 5.53. The molecule has 0 aliphatic heterocycles. The first-order chi connectivity index (χ1) is 36.3. The number of hydrogen-bond donors (Lipinski definition) is 0. The summed E-state index contributed by atoms with van der Waals surface area (Å²) in [5.74, 6) is 0.492. The molecule has 0 fully saturated rings. The zero-order valence-corrected chi connectivity index (χ0v) is 39.2. The van der Waals surface area contributed by atoms with E-state index in [1.807, 2.05) is 36.5 Å². The van der Waals surface area contributed by atoms with Gasteiger partial charge in [-0.25, -0.2) is 4.98 Å². The Morgan fingerprint density at radius 2 is 0.562 bits per heavy atom. The number of hydrogen-bond acceptors (Lipinski definition) is 3. The second kappa shape index (κ2) is 15.3. The number of fused-ring (bicyclic) bond motifs is 13. The summed E-state index contributed by atoms with van der Waals surface area (Å²) in [6.45, 7) is 0. The van der Waals surface area contributed by atoms with Crippen LogP contribution in [-0.2, 0) is 0 Å². The van der Waals surface area contributed by atoms with Crippen molar-refractivity contribution in [1.29, 1.82) is 0 Å². The van der Waals surface area contributed by atoms with Gasteiger partial charge >= 0.3 is 0 Å². The van der Waals surface area contributed by atoms with Gasteiger partial charge in [0.2, 0.25) is 5.89 Å². The summed E-state index contributed by atoms with van der Waals surface area (Å²) in [5, 5.41) is 9.13. The molecule has 0 saturated carbocycles. The summed E-state index contributed by atoms with van der Waals surface area (Å²) in [6.07, 6.45) is 1.93. The second-order valence-corrected chi connectivity index (χ2v) is 18.8. The van der Waals surface area contributed by atoms with Crippen molar-refractivity contribution in [2.75, 3.05) is 0 Å². The third-order valence-electron chi connectivity index (χ3n) is 15.0. The van der Waals surface area contributed by atoms with Crippen molar-refractivity contribution in [3.8, 4) is 45.5 Å². The lowest BCUT2D eigenvalue weighted by molar-refractivity contribution is 0.619. The monoisotopic (exact) mass is 932 g/mol. The highest BCUT2D eigenvalue weighted by molar-refractivity contribution is 6.18. The van der Waals surface area contributed by atoms with Gasteiger partial charge in [0, 0.05) is 49.3 Å². The Labute approximate surface area is 417 Å². The number of aromatic nitrogens is 6. The van der Waals surface area contributed by atoms with Gasteiger partial charge in [-0.3, -0.25) is 4.98 Å². The highest BCUT2D eigenvalue weighted by atomic mass is 16.3. The zero-order valence-electron chi connectivity index (χ0n) is 39.2. The van der Waals surface area contributed by atoms with Crippen LogP contribution in [0, 0.1) is 0 Å². The van der Waals surface area contributed by atoms with Crippen LogP contribution >= 0.6 is 0 Å². The summed E-state index contributed by atoms with van der Waals surface area (Å²) in [6, 6.07) is 84.8. The Bertz CT molecular complexity index is 4430. The molecule has 73 heavy (non-hydrogen) atoms. The van der Waals surface area contributed by atoms with Gasteiger partial charge in [-0.05, 0) is 72.8 Å². The van der Waals surface area contributed by atoms with Crippen molar-refractivity contribution in [1.82, 2.24) is 28.2 Å². The number of nitrogens with zero attached hydrogens (tertiary/aromatic N) is 6. The Kier molecular flexibility index (Phi) is 8.32. The van der Waals surface area contributed by atoms with E-state index in [9.17, 15) is 0 Å². The average Bonchev–Trinajstić information content (AvgIpc) is 4.27. The molecule has 0 spiro atoms. The van der Waals surface area contributed by atoms with Gasteiger partial charge in [-0.15, -0.1) is 0 Å². The highest BCUT2D eigenvalue weighted by Crippen LogP contribution is 2.54. The summed E-state index contributed by atoms with van der Waals surface area (Å²) < 4.78 is 17.3. The molecule has 0 saturated heterocycles. The molecule has 0 unspecified atom stereocenters. The molecule has 16 aromatic rings. The van der Waals surface area contributed by atoms with E-state index in [0.29, 0.717) is 11.5 Å². The Morgan fingerprint density at radius 3 is 0.877 bits per heavy atom. The predicted octanol–water partition coefficient (Wildman–Crippen LogP) is 16.9. The summed E-state index contributed by atoms with van der Waals surface area (Å²) >= 11 is 0. The molecule has 6 heterocycles. The van der Waals surface area contributed by atoms with Crippen LogP contribution in [0.2, 0.25) is 0 Å². The fourth-order valence-electron chi connectivity index (χ4n) is 12.2. The zero-order chi connectivity index (χ0) is 47.7. The summed E-state index contributed by atoms with van der Waals surface area (Å²) in [5.41, 5.74) is 16.1. The first kappa shape index (κ1) is 39.8. The molecule has 7 heteroatoms. The maximum atomic E-state index is 7.35. The van der Waals surface area contributed by atoms with Gasteiger partial charge in [-0.1, -0.05) is 164 Å². The molecule has 0 amide bonds. The average molecular weight is 933 g/mol. The molecule has 0 radical (unpaired) electrons. The van der Waals surface area contributed by atoms with Crippen LogP contribution in [-0.4, -0.2) is 28.2 Å². The van der Waals surface area contributed by atoms with Crippen molar-refractivity contribution in [2.45, 2.75) is 0 Å². The molecule has 0 N–H and O–H groups in total. The van der Waals surface area contributed by atoms with Crippen LogP contribution in [0.25, 0.3) is 144 Å². The van der Waals surface area contributed by atoms with Gasteiger partial charge in [0.05, 0.1) is 83.7 Å². The highest BCUT2D eigenvalue weighted by Gasteiger charge is 2.37. The van der Waals surface area contributed by atoms with Crippen molar-refractivity contribution in [3.05, 3.63) is 243 Å².